The van der Waals surface area contributed by atoms with Crippen LogP contribution in [0.25, 0.3) is 0 Å². The number of hydrogen-bond donors (Lipinski definition) is 0. The fraction of sp³-hybridized carbons (Fsp3) is 0.176. The van der Waals surface area contributed by atoms with Crippen LogP contribution in [-0.2, 0) is 4.79 Å². The van der Waals surface area contributed by atoms with E-state index in [1.165, 1.54) is 0 Å². The van der Waals surface area contributed by atoms with E-state index < -0.39 is 0 Å². The summed E-state index contributed by atoms with van der Waals surface area (Å²) in [5.74, 6) is 0.0442. The predicted molar refractivity (Wildman–Crippen MR) is 75.3 cm³/mol. The van der Waals surface area contributed by atoms with Crippen LogP contribution in [0, 0.1) is 0 Å². The van der Waals surface area contributed by atoms with E-state index in [0.29, 0.717) is 18.4 Å². The lowest BCUT2D eigenvalue weighted by molar-refractivity contribution is -0.108. The molecule has 0 amide bonds. The molecule has 0 aliphatic carbocycles. The zero-order valence-electron chi connectivity index (χ0n) is 10.7. The number of carbonyl (C=O) groups excluding carboxylic acids is 2. The van der Waals surface area contributed by atoms with E-state index in [4.69, 9.17) is 0 Å². The Labute approximate surface area is 113 Å². The van der Waals surface area contributed by atoms with Gasteiger partial charge in [0.1, 0.15) is 6.29 Å². The number of aldehydes is 1. The minimum Gasteiger partial charge on any atom is -0.303 e. The van der Waals surface area contributed by atoms with Crippen LogP contribution in [0.5, 0.6) is 0 Å². The molecule has 0 radical (unpaired) electrons. The van der Waals surface area contributed by atoms with E-state index in [2.05, 4.69) is 0 Å². The molecule has 0 spiro atoms. The zero-order valence-corrected chi connectivity index (χ0v) is 10.7. The number of benzene rings is 2. The summed E-state index contributed by atoms with van der Waals surface area (Å²) in [6, 6.07) is 18.9. The van der Waals surface area contributed by atoms with E-state index in [1.54, 1.807) is 0 Å². The lowest BCUT2D eigenvalue weighted by Crippen LogP contribution is -2.08. The third-order valence-electron chi connectivity index (χ3n) is 3.18. The molecule has 2 heteroatoms. The highest BCUT2D eigenvalue weighted by Crippen LogP contribution is 2.24. The van der Waals surface area contributed by atoms with Crippen LogP contribution in [-0.4, -0.2) is 12.1 Å². The van der Waals surface area contributed by atoms with Crippen LogP contribution in [0.15, 0.2) is 60.7 Å². The van der Waals surface area contributed by atoms with Crippen molar-refractivity contribution in [3.63, 3.8) is 0 Å². The first-order chi connectivity index (χ1) is 9.31. The van der Waals surface area contributed by atoms with Gasteiger partial charge in [-0.2, -0.15) is 0 Å². The first-order valence-electron chi connectivity index (χ1n) is 6.38. The molecule has 0 aromatic heterocycles. The fourth-order valence-electron chi connectivity index (χ4n) is 2.14. The van der Waals surface area contributed by atoms with E-state index in [1.807, 2.05) is 60.7 Å². The molecule has 96 valence electrons. The topological polar surface area (TPSA) is 34.1 Å². The summed E-state index contributed by atoms with van der Waals surface area (Å²) in [6.45, 7) is 0. The molecule has 2 aromatic rings. The number of hydrogen-bond acceptors (Lipinski definition) is 2. The van der Waals surface area contributed by atoms with Crippen LogP contribution in [0.3, 0.4) is 0 Å². The Morgan fingerprint density at radius 3 is 2.11 bits per heavy atom. The molecule has 19 heavy (non-hydrogen) atoms. The Bertz CT molecular complexity index is 532. The van der Waals surface area contributed by atoms with Gasteiger partial charge in [-0.25, -0.2) is 0 Å². The normalized spacial score (nSPS) is 11.8. The van der Waals surface area contributed by atoms with Crippen molar-refractivity contribution in [1.82, 2.24) is 0 Å². The van der Waals surface area contributed by atoms with Gasteiger partial charge >= 0.3 is 0 Å². The number of ketones is 1. The van der Waals surface area contributed by atoms with E-state index >= 15 is 0 Å². The molecule has 1 atom stereocenters. The lowest BCUT2D eigenvalue weighted by atomic mass is 9.89. The monoisotopic (exact) mass is 252 g/mol. The van der Waals surface area contributed by atoms with Gasteiger partial charge in [0, 0.05) is 18.4 Å². The standard InChI is InChI=1S/C17H16O2/c18-12-11-16(14-7-3-1-4-8-14)13-17(19)15-9-5-2-6-10-15/h1-10,12,16H,11,13H2/t16-/m1/s1. The van der Waals surface area contributed by atoms with Gasteiger partial charge in [-0.15, -0.1) is 0 Å². The minimum atomic E-state index is -0.0357. The summed E-state index contributed by atoms with van der Waals surface area (Å²) in [6.07, 6.45) is 1.63. The summed E-state index contributed by atoms with van der Waals surface area (Å²) in [5, 5.41) is 0. The average Bonchev–Trinajstić information content (AvgIpc) is 2.48. The van der Waals surface area contributed by atoms with Crippen LogP contribution in [0.2, 0.25) is 0 Å². The summed E-state index contributed by atoms with van der Waals surface area (Å²) in [7, 11) is 0. The lowest BCUT2D eigenvalue weighted by Gasteiger charge is -2.13. The molecule has 0 saturated heterocycles. The second kappa shape index (κ2) is 6.64. The Hall–Kier alpha value is -2.22. The summed E-state index contributed by atoms with van der Waals surface area (Å²) >= 11 is 0. The number of Topliss-reactive ketones (excluding diaryl/α,β-unsaturated/α-hetero) is 1. The zero-order chi connectivity index (χ0) is 13.5. The second-order valence-corrected chi connectivity index (χ2v) is 4.50. The SMILES string of the molecule is O=CC[C@H](CC(=O)c1ccccc1)c1ccccc1. The van der Waals surface area contributed by atoms with Crippen molar-refractivity contribution < 1.29 is 9.59 Å². The van der Waals surface area contributed by atoms with Crippen molar-refractivity contribution in [2.24, 2.45) is 0 Å². The van der Waals surface area contributed by atoms with Crippen molar-refractivity contribution in [3.05, 3.63) is 71.8 Å². The molecule has 0 heterocycles. The summed E-state index contributed by atoms with van der Waals surface area (Å²) in [5.41, 5.74) is 1.74. The molecule has 0 aliphatic heterocycles. The maximum atomic E-state index is 12.2. The third kappa shape index (κ3) is 3.62. The molecular formula is C17H16O2. The van der Waals surface area contributed by atoms with E-state index in [9.17, 15) is 9.59 Å². The van der Waals surface area contributed by atoms with Crippen molar-refractivity contribution in [1.29, 1.82) is 0 Å². The maximum Gasteiger partial charge on any atom is 0.163 e. The minimum absolute atomic E-state index is 0.0357. The van der Waals surface area contributed by atoms with E-state index in [0.717, 1.165) is 11.8 Å². The molecule has 0 saturated carbocycles. The van der Waals surface area contributed by atoms with Gasteiger partial charge in [-0.05, 0) is 11.5 Å². The molecule has 0 bridgehead atoms. The predicted octanol–water partition coefficient (Wildman–Crippen LogP) is 3.63. The largest absolute Gasteiger partial charge is 0.303 e. The first kappa shape index (κ1) is 13.2. The van der Waals surface area contributed by atoms with Gasteiger partial charge < -0.3 is 4.79 Å². The van der Waals surface area contributed by atoms with Crippen molar-refractivity contribution in [2.75, 3.05) is 0 Å². The molecular weight excluding hydrogens is 236 g/mol. The van der Waals surface area contributed by atoms with Gasteiger partial charge in [0.05, 0.1) is 0 Å². The molecule has 0 aliphatic rings. The second-order valence-electron chi connectivity index (χ2n) is 4.50. The van der Waals surface area contributed by atoms with Gasteiger partial charge in [-0.1, -0.05) is 60.7 Å². The highest BCUT2D eigenvalue weighted by molar-refractivity contribution is 5.96. The van der Waals surface area contributed by atoms with Crippen molar-refractivity contribution in [3.8, 4) is 0 Å². The smallest absolute Gasteiger partial charge is 0.163 e. The summed E-state index contributed by atoms with van der Waals surface area (Å²) < 4.78 is 0. The maximum absolute atomic E-state index is 12.2. The van der Waals surface area contributed by atoms with Crippen LogP contribution < -0.4 is 0 Å². The highest BCUT2D eigenvalue weighted by Gasteiger charge is 2.16. The third-order valence-corrected chi connectivity index (χ3v) is 3.18. The molecule has 0 N–H and O–H groups in total. The Balaban J connectivity index is 2.14. The quantitative estimate of drug-likeness (QED) is 0.581. The molecule has 0 fully saturated rings. The van der Waals surface area contributed by atoms with Gasteiger partial charge in [0.25, 0.3) is 0 Å². The van der Waals surface area contributed by atoms with Gasteiger partial charge in [0.2, 0.25) is 0 Å². The molecule has 2 nitrogen and oxygen atoms in total. The van der Waals surface area contributed by atoms with Crippen LogP contribution >= 0.6 is 0 Å². The Morgan fingerprint density at radius 1 is 0.947 bits per heavy atom. The molecule has 2 aromatic carbocycles. The Kier molecular flexibility index (Phi) is 4.62. The fourth-order valence-corrected chi connectivity index (χ4v) is 2.14. The Morgan fingerprint density at radius 2 is 1.53 bits per heavy atom. The van der Waals surface area contributed by atoms with Crippen LogP contribution in [0.1, 0.15) is 34.7 Å². The molecule has 0 unspecified atom stereocenters. The van der Waals surface area contributed by atoms with E-state index in [-0.39, 0.29) is 11.7 Å². The highest BCUT2D eigenvalue weighted by atomic mass is 16.1. The van der Waals surface area contributed by atoms with Gasteiger partial charge in [0.15, 0.2) is 5.78 Å². The van der Waals surface area contributed by atoms with Gasteiger partial charge in [-0.3, -0.25) is 4.79 Å². The number of carbonyl (C=O) groups is 2. The van der Waals surface area contributed by atoms with Crippen molar-refractivity contribution in [2.45, 2.75) is 18.8 Å². The number of rotatable bonds is 6. The van der Waals surface area contributed by atoms with Crippen molar-refractivity contribution >= 4 is 12.1 Å². The first-order valence-corrected chi connectivity index (χ1v) is 6.38. The molecule has 2 rings (SSSR count). The summed E-state index contributed by atoms with van der Waals surface area (Å²) in [4.78, 5) is 23.0. The average molecular weight is 252 g/mol. The van der Waals surface area contributed by atoms with Crippen LogP contribution in [0.4, 0.5) is 0 Å².